The van der Waals surface area contributed by atoms with Crippen molar-refractivity contribution in [2.75, 3.05) is 39.6 Å². The molecular weight excluding hydrogens is 1230 g/mol. The molecule has 2 unspecified atom stereocenters. The summed E-state index contributed by atoms with van der Waals surface area (Å²) in [4.78, 5) is 72.8. The molecule has 0 fully saturated rings. The third-order valence-corrected chi connectivity index (χ3v) is 18.7. The van der Waals surface area contributed by atoms with Crippen molar-refractivity contribution in [2.24, 2.45) is 11.8 Å². The van der Waals surface area contributed by atoms with Gasteiger partial charge in [-0.1, -0.05) is 310 Å². The van der Waals surface area contributed by atoms with E-state index in [0.29, 0.717) is 25.7 Å². The number of phosphoric ester groups is 2. The maximum Gasteiger partial charge on any atom is 0.472 e. The van der Waals surface area contributed by atoms with Gasteiger partial charge in [-0.3, -0.25) is 37.3 Å². The van der Waals surface area contributed by atoms with Crippen molar-refractivity contribution in [1.82, 2.24) is 0 Å². The molecule has 0 radical (unpaired) electrons. The van der Waals surface area contributed by atoms with Crippen LogP contribution in [0.4, 0.5) is 0 Å². The van der Waals surface area contributed by atoms with Gasteiger partial charge >= 0.3 is 39.5 Å². The van der Waals surface area contributed by atoms with E-state index < -0.39 is 97.5 Å². The predicted octanol–water partition coefficient (Wildman–Crippen LogP) is 21.5. The minimum atomic E-state index is -4.96. The lowest BCUT2D eigenvalue weighted by atomic mass is 10.0. The Balaban J connectivity index is 5.30. The minimum absolute atomic E-state index is 0.0850. The van der Waals surface area contributed by atoms with Gasteiger partial charge in [0.15, 0.2) is 12.2 Å². The van der Waals surface area contributed by atoms with Crippen molar-refractivity contribution in [3.63, 3.8) is 0 Å². The predicted molar refractivity (Wildman–Crippen MR) is 381 cm³/mol. The van der Waals surface area contributed by atoms with Crippen molar-refractivity contribution < 1.29 is 80.2 Å². The van der Waals surface area contributed by atoms with Gasteiger partial charge < -0.3 is 33.8 Å². The van der Waals surface area contributed by atoms with Gasteiger partial charge in [-0.2, -0.15) is 0 Å². The van der Waals surface area contributed by atoms with E-state index in [0.717, 1.165) is 115 Å². The lowest BCUT2D eigenvalue weighted by molar-refractivity contribution is -0.161. The maximum absolute atomic E-state index is 13.1. The molecule has 5 atom stereocenters. The summed E-state index contributed by atoms with van der Waals surface area (Å²) < 4.78 is 68.4. The molecule has 0 aromatic carbocycles. The van der Waals surface area contributed by atoms with Gasteiger partial charge in [0, 0.05) is 25.7 Å². The first-order chi connectivity index (χ1) is 45.4. The molecule has 19 heteroatoms. The van der Waals surface area contributed by atoms with Gasteiger partial charge in [-0.05, 0) is 63.2 Å². The zero-order valence-electron chi connectivity index (χ0n) is 60.7. The van der Waals surface area contributed by atoms with E-state index in [4.69, 9.17) is 37.0 Å². The summed E-state index contributed by atoms with van der Waals surface area (Å²) in [5, 5.41) is 10.6. The Kier molecular flexibility index (Phi) is 64.7. The van der Waals surface area contributed by atoms with Crippen LogP contribution >= 0.6 is 15.6 Å². The number of unbranched alkanes of at least 4 members (excludes halogenated alkanes) is 39. The van der Waals surface area contributed by atoms with Gasteiger partial charge in [0.1, 0.15) is 19.3 Å². The van der Waals surface area contributed by atoms with Gasteiger partial charge in [0.05, 0.1) is 26.4 Å². The normalized spacial score (nSPS) is 14.2. The summed E-state index contributed by atoms with van der Waals surface area (Å²) in [5.41, 5.74) is 0. The summed E-state index contributed by atoms with van der Waals surface area (Å²) in [7, 11) is -9.92. The lowest BCUT2D eigenvalue weighted by Crippen LogP contribution is -2.30. The van der Waals surface area contributed by atoms with Crippen LogP contribution in [-0.4, -0.2) is 96.7 Å². The molecule has 0 heterocycles. The number of phosphoric acid groups is 2. The quantitative estimate of drug-likeness (QED) is 0.0169. The highest BCUT2D eigenvalue weighted by atomic mass is 31.2. The molecule has 0 aliphatic rings. The first-order valence-electron chi connectivity index (χ1n) is 38.3. The number of hydrogen-bond acceptors (Lipinski definition) is 15. The molecule has 0 bridgehead atoms. The number of esters is 4. The largest absolute Gasteiger partial charge is 0.472 e. The Bertz CT molecular complexity index is 1910. The molecule has 0 spiro atoms. The van der Waals surface area contributed by atoms with Crippen molar-refractivity contribution in [3.8, 4) is 0 Å². The maximum atomic E-state index is 13.1. The molecule has 3 N–H and O–H groups in total. The van der Waals surface area contributed by atoms with Crippen LogP contribution in [0.15, 0.2) is 24.3 Å². The lowest BCUT2D eigenvalue weighted by Gasteiger charge is -2.21. The second-order valence-electron chi connectivity index (χ2n) is 27.3. The standard InChI is InChI=1S/C75H142O17P2/c1-7-9-11-13-15-17-19-21-22-24-30-34-42-48-54-60-75(80)91-70(63-85-72(77)57-51-45-39-32-28-26-25-27-31-37-43-49-55-67(3)4)65-89-93(81,82)87-61-69(76)62-88-94(83,84)90-66-71(64-86-73(78)58-52-46-40-36-35-38-44-50-56-68(5)6)92-74(79)59-53-47-41-33-29-23-20-18-16-14-12-10-8-2/h17,19,21-22,67-71,76H,7-16,18,20,23-66H2,1-6H3,(H,81,82)(H,83,84)/b19-17-,22-21-/t69-,70-,71-/m1/s1. The van der Waals surface area contributed by atoms with Crippen molar-refractivity contribution in [1.29, 1.82) is 0 Å². The third-order valence-electron chi connectivity index (χ3n) is 16.8. The van der Waals surface area contributed by atoms with E-state index in [1.807, 2.05) is 0 Å². The van der Waals surface area contributed by atoms with E-state index in [1.54, 1.807) is 0 Å². The summed E-state index contributed by atoms with van der Waals surface area (Å²) in [6, 6.07) is 0. The summed E-state index contributed by atoms with van der Waals surface area (Å²) in [6.45, 7) is 9.50. The van der Waals surface area contributed by atoms with E-state index in [1.165, 1.54) is 167 Å². The van der Waals surface area contributed by atoms with Crippen molar-refractivity contribution >= 4 is 39.5 Å². The van der Waals surface area contributed by atoms with E-state index >= 15 is 0 Å². The Labute approximate surface area is 573 Å². The van der Waals surface area contributed by atoms with Crippen LogP contribution in [0.2, 0.25) is 0 Å². The molecule has 554 valence electrons. The third kappa shape index (κ3) is 68.1. The second kappa shape index (κ2) is 66.4. The molecule has 0 amide bonds. The van der Waals surface area contributed by atoms with Gasteiger partial charge in [-0.15, -0.1) is 0 Å². The fraction of sp³-hybridized carbons (Fsp3) is 0.893. The Morgan fingerprint density at radius 2 is 0.574 bits per heavy atom. The molecular formula is C75H142O17P2. The first-order valence-corrected chi connectivity index (χ1v) is 41.3. The fourth-order valence-corrected chi connectivity index (χ4v) is 12.5. The number of carbonyl (C=O) groups is 4. The summed E-state index contributed by atoms with van der Waals surface area (Å²) in [6.07, 6.45) is 56.2. The number of hydrogen-bond donors (Lipinski definition) is 3. The van der Waals surface area contributed by atoms with Gasteiger partial charge in [-0.25, -0.2) is 9.13 Å². The summed E-state index contributed by atoms with van der Waals surface area (Å²) in [5.74, 6) is -0.642. The molecule has 0 aromatic heterocycles. The highest BCUT2D eigenvalue weighted by Gasteiger charge is 2.30. The molecule has 0 saturated carbocycles. The molecule has 0 aromatic rings. The van der Waals surface area contributed by atoms with Crippen LogP contribution in [-0.2, 0) is 65.4 Å². The number of aliphatic hydroxyl groups excluding tert-OH is 1. The van der Waals surface area contributed by atoms with E-state index in [9.17, 15) is 43.2 Å². The second-order valence-corrected chi connectivity index (χ2v) is 30.2. The smallest absolute Gasteiger partial charge is 0.462 e. The van der Waals surface area contributed by atoms with Gasteiger partial charge in [0.2, 0.25) is 0 Å². The average Bonchev–Trinajstić information content (AvgIpc) is 1.32. The van der Waals surface area contributed by atoms with E-state index in [2.05, 4.69) is 65.8 Å². The number of rotatable bonds is 72. The zero-order valence-corrected chi connectivity index (χ0v) is 62.5. The van der Waals surface area contributed by atoms with Crippen molar-refractivity contribution in [2.45, 2.75) is 381 Å². The van der Waals surface area contributed by atoms with Crippen LogP contribution in [0, 0.1) is 11.8 Å². The SMILES string of the molecule is CCCCCC/C=C\C=C/CCCCCCCC(=O)O[C@H](COC(=O)CCCCCCCCCCCCCCC(C)C)COP(=O)(O)OC[C@@H](O)COP(=O)(O)OC[C@@H](COC(=O)CCCCCCCCCCC(C)C)OC(=O)CCCCCCCCCCCCCCC. The molecule has 94 heavy (non-hydrogen) atoms. The number of allylic oxidation sites excluding steroid dienone is 4. The molecule has 0 aliphatic heterocycles. The average molecular weight is 1380 g/mol. The Morgan fingerprint density at radius 3 is 0.872 bits per heavy atom. The van der Waals surface area contributed by atoms with Crippen molar-refractivity contribution in [3.05, 3.63) is 24.3 Å². The minimum Gasteiger partial charge on any atom is -0.462 e. The fourth-order valence-electron chi connectivity index (χ4n) is 10.9. The molecule has 0 rings (SSSR count). The Morgan fingerprint density at radius 1 is 0.330 bits per heavy atom. The number of ether oxygens (including phenoxy) is 4. The van der Waals surface area contributed by atoms with Crippen LogP contribution in [0.5, 0.6) is 0 Å². The van der Waals surface area contributed by atoms with Gasteiger partial charge in [0.25, 0.3) is 0 Å². The summed E-state index contributed by atoms with van der Waals surface area (Å²) >= 11 is 0. The van der Waals surface area contributed by atoms with E-state index in [-0.39, 0.29) is 25.7 Å². The number of aliphatic hydroxyl groups is 1. The first kappa shape index (κ1) is 91.5. The Hall–Kier alpha value is -2.46. The molecule has 0 aliphatic carbocycles. The molecule has 0 saturated heterocycles. The topological polar surface area (TPSA) is 237 Å². The van der Waals surface area contributed by atoms with Crippen LogP contribution in [0.3, 0.4) is 0 Å². The van der Waals surface area contributed by atoms with Crippen LogP contribution in [0.25, 0.3) is 0 Å². The monoisotopic (exact) mass is 1380 g/mol. The highest BCUT2D eigenvalue weighted by Crippen LogP contribution is 2.45. The zero-order chi connectivity index (χ0) is 69.3. The molecule has 17 nitrogen and oxygen atoms in total. The van der Waals surface area contributed by atoms with Crippen LogP contribution < -0.4 is 0 Å². The number of carbonyl (C=O) groups excluding carboxylic acids is 4. The van der Waals surface area contributed by atoms with Crippen LogP contribution in [0.1, 0.15) is 363 Å². The highest BCUT2D eigenvalue weighted by molar-refractivity contribution is 7.47.